The zero-order chi connectivity index (χ0) is 8.81. The number of aryl methyl sites for hydroxylation is 1. The van der Waals surface area contributed by atoms with E-state index in [1.807, 2.05) is 6.92 Å². The molecule has 2 N–H and O–H groups in total. The van der Waals surface area contributed by atoms with Crippen LogP contribution in [-0.2, 0) is 11.3 Å². The number of hydrogen-bond acceptors (Lipinski definition) is 4. The topological polar surface area (TPSA) is 66.0 Å². The van der Waals surface area contributed by atoms with E-state index in [4.69, 9.17) is 10.5 Å². The zero-order valence-electron chi connectivity index (χ0n) is 7.23. The molecule has 0 atom stereocenters. The van der Waals surface area contributed by atoms with Crippen LogP contribution < -0.4 is 5.73 Å². The van der Waals surface area contributed by atoms with Crippen LogP contribution in [0, 0.1) is 0 Å². The minimum absolute atomic E-state index is 0.464. The van der Waals surface area contributed by atoms with Crippen LogP contribution in [0.3, 0.4) is 0 Å². The molecule has 0 spiro atoms. The maximum Gasteiger partial charge on any atom is 0.165 e. The van der Waals surface area contributed by atoms with Crippen LogP contribution in [0.2, 0.25) is 0 Å². The smallest absolute Gasteiger partial charge is 0.165 e. The van der Waals surface area contributed by atoms with Crippen molar-refractivity contribution in [3.05, 3.63) is 6.20 Å². The lowest BCUT2D eigenvalue weighted by Crippen LogP contribution is -2.03. The van der Waals surface area contributed by atoms with Crippen molar-refractivity contribution in [1.29, 1.82) is 0 Å². The molecule has 0 saturated heterocycles. The number of aromatic nitrogens is 3. The molecule has 0 aliphatic carbocycles. The monoisotopic (exact) mass is 170 g/mol. The molecule has 0 bridgehead atoms. The minimum atomic E-state index is 0.464. The molecule has 0 aliphatic rings. The van der Waals surface area contributed by atoms with E-state index in [2.05, 4.69) is 10.3 Å². The second-order valence-corrected chi connectivity index (χ2v) is 2.46. The maximum atomic E-state index is 5.38. The fraction of sp³-hybridized carbons (Fsp3) is 0.714. The van der Waals surface area contributed by atoms with E-state index >= 15 is 0 Å². The molecule has 0 saturated carbocycles. The number of nitrogens with zero attached hydrogens (tertiary/aromatic N) is 3. The van der Waals surface area contributed by atoms with Crippen molar-refractivity contribution in [2.75, 3.05) is 18.9 Å². The van der Waals surface area contributed by atoms with Gasteiger partial charge in [-0.3, -0.25) is 4.68 Å². The van der Waals surface area contributed by atoms with Gasteiger partial charge in [-0.15, -0.1) is 5.10 Å². The van der Waals surface area contributed by atoms with Crippen molar-refractivity contribution in [3.8, 4) is 0 Å². The van der Waals surface area contributed by atoms with E-state index in [-0.39, 0.29) is 0 Å². The molecular weight excluding hydrogens is 156 g/mol. The van der Waals surface area contributed by atoms with Crippen LogP contribution in [0.5, 0.6) is 0 Å². The van der Waals surface area contributed by atoms with Crippen LogP contribution in [0.4, 0.5) is 5.82 Å². The largest absolute Gasteiger partial charge is 0.382 e. The summed E-state index contributed by atoms with van der Waals surface area (Å²) in [5.74, 6) is 0.464. The highest BCUT2D eigenvalue weighted by Crippen LogP contribution is 1.94. The second kappa shape index (κ2) is 4.71. The SMILES string of the molecule is CCOCCCn1cc(N)nn1. The molecule has 12 heavy (non-hydrogen) atoms. The molecule has 5 nitrogen and oxygen atoms in total. The van der Waals surface area contributed by atoms with E-state index in [1.54, 1.807) is 10.9 Å². The summed E-state index contributed by atoms with van der Waals surface area (Å²) in [5.41, 5.74) is 5.38. The van der Waals surface area contributed by atoms with Crippen molar-refractivity contribution in [2.45, 2.75) is 19.9 Å². The van der Waals surface area contributed by atoms with E-state index in [1.165, 1.54) is 0 Å². The zero-order valence-corrected chi connectivity index (χ0v) is 7.23. The molecule has 0 unspecified atom stereocenters. The highest BCUT2D eigenvalue weighted by molar-refractivity contribution is 5.19. The third-order valence-corrected chi connectivity index (χ3v) is 1.44. The first kappa shape index (κ1) is 8.99. The Morgan fingerprint density at radius 3 is 3.08 bits per heavy atom. The van der Waals surface area contributed by atoms with Gasteiger partial charge in [-0.2, -0.15) is 0 Å². The molecule has 68 valence electrons. The summed E-state index contributed by atoms with van der Waals surface area (Å²) in [4.78, 5) is 0. The fourth-order valence-corrected chi connectivity index (χ4v) is 0.896. The van der Waals surface area contributed by atoms with Crippen LogP contribution >= 0.6 is 0 Å². The Hall–Kier alpha value is -1.10. The fourth-order valence-electron chi connectivity index (χ4n) is 0.896. The summed E-state index contributed by atoms with van der Waals surface area (Å²) in [6, 6.07) is 0. The Morgan fingerprint density at radius 1 is 1.67 bits per heavy atom. The second-order valence-electron chi connectivity index (χ2n) is 2.46. The van der Waals surface area contributed by atoms with Crippen molar-refractivity contribution >= 4 is 5.82 Å². The van der Waals surface area contributed by atoms with Crippen LogP contribution in [0.15, 0.2) is 6.20 Å². The van der Waals surface area contributed by atoms with Crippen LogP contribution in [0.25, 0.3) is 0 Å². The Labute approximate surface area is 71.5 Å². The average Bonchev–Trinajstić information content (AvgIpc) is 2.45. The summed E-state index contributed by atoms with van der Waals surface area (Å²) >= 11 is 0. The van der Waals surface area contributed by atoms with Crippen molar-refractivity contribution < 1.29 is 4.74 Å². The molecule has 1 heterocycles. The molecule has 1 aromatic rings. The Morgan fingerprint density at radius 2 is 2.50 bits per heavy atom. The third-order valence-electron chi connectivity index (χ3n) is 1.44. The number of anilines is 1. The first-order chi connectivity index (χ1) is 5.83. The van der Waals surface area contributed by atoms with Crippen molar-refractivity contribution in [2.24, 2.45) is 0 Å². The lowest BCUT2D eigenvalue weighted by atomic mass is 10.4. The number of nitrogen functional groups attached to an aromatic ring is 1. The standard InChI is InChI=1S/C7H14N4O/c1-2-12-5-3-4-11-6-7(8)9-10-11/h6H,2-5,8H2,1H3. The molecule has 0 amide bonds. The van der Waals surface area contributed by atoms with Gasteiger partial charge in [0.15, 0.2) is 5.82 Å². The number of nitrogens with two attached hydrogens (primary N) is 1. The molecule has 1 aromatic heterocycles. The summed E-state index contributed by atoms with van der Waals surface area (Å²) in [6.07, 6.45) is 2.66. The number of rotatable bonds is 5. The Kier molecular flexibility index (Phi) is 3.53. The summed E-state index contributed by atoms with van der Waals surface area (Å²) in [7, 11) is 0. The molecule has 0 radical (unpaired) electrons. The van der Waals surface area contributed by atoms with Gasteiger partial charge in [-0.1, -0.05) is 5.21 Å². The normalized spacial score (nSPS) is 10.4. The van der Waals surface area contributed by atoms with Gasteiger partial charge < -0.3 is 10.5 Å². The maximum absolute atomic E-state index is 5.38. The minimum Gasteiger partial charge on any atom is -0.382 e. The highest BCUT2D eigenvalue weighted by atomic mass is 16.5. The van der Waals surface area contributed by atoms with E-state index in [0.717, 1.165) is 26.2 Å². The molecule has 0 fully saturated rings. The van der Waals surface area contributed by atoms with Gasteiger partial charge in [0.1, 0.15) is 0 Å². The highest BCUT2D eigenvalue weighted by Gasteiger charge is 1.94. The van der Waals surface area contributed by atoms with Gasteiger partial charge in [0.25, 0.3) is 0 Å². The van der Waals surface area contributed by atoms with Gasteiger partial charge in [0.05, 0.1) is 6.20 Å². The quantitative estimate of drug-likeness (QED) is 0.645. The predicted molar refractivity (Wildman–Crippen MR) is 45.5 cm³/mol. The molecule has 0 aromatic carbocycles. The first-order valence-corrected chi connectivity index (χ1v) is 4.06. The van der Waals surface area contributed by atoms with E-state index in [0.29, 0.717) is 5.82 Å². The molecule has 1 rings (SSSR count). The Bertz CT molecular complexity index is 223. The van der Waals surface area contributed by atoms with Crippen molar-refractivity contribution in [3.63, 3.8) is 0 Å². The molecular formula is C7H14N4O. The number of ether oxygens (including phenoxy) is 1. The van der Waals surface area contributed by atoms with Crippen LogP contribution in [0.1, 0.15) is 13.3 Å². The summed E-state index contributed by atoms with van der Waals surface area (Å²) in [6.45, 7) is 4.31. The lowest BCUT2D eigenvalue weighted by Gasteiger charge is -1.99. The van der Waals surface area contributed by atoms with Gasteiger partial charge in [0, 0.05) is 19.8 Å². The molecule has 0 aliphatic heterocycles. The number of hydrogen-bond donors (Lipinski definition) is 1. The van der Waals surface area contributed by atoms with Gasteiger partial charge in [-0.05, 0) is 13.3 Å². The lowest BCUT2D eigenvalue weighted by molar-refractivity contribution is 0.140. The van der Waals surface area contributed by atoms with Crippen LogP contribution in [-0.4, -0.2) is 28.2 Å². The van der Waals surface area contributed by atoms with E-state index < -0.39 is 0 Å². The van der Waals surface area contributed by atoms with Gasteiger partial charge >= 0.3 is 0 Å². The van der Waals surface area contributed by atoms with Crippen molar-refractivity contribution in [1.82, 2.24) is 15.0 Å². The predicted octanol–water partition coefficient (Wildman–Crippen LogP) is 0.287. The van der Waals surface area contributed by atoms with Gasteiger partial charge in [-0.25, -0.2) is 0 Å². The van der Waals surface area contributed by atoms with Gasteiger partial charge in [0.2, 0.25) is 0 Å². The third kappa shape index (κ3) is 2.87. The van der Waals surface area contributed by atoms with E-state index in [9.17, 15) is 0 Å². The summed E-state index contributed by atoms with van der Waals surface area (Å²) in [5, 5.41) is 7.46. The Balaban J connectivity index is 2.15. The average molecular weight is 170 g/mol. The summed E-state index contributed by atoms with van der Waals surface area (Å²) < 4.78 is 6.89. The first-order valence-electron chi connectivity index (χ1n) is 4.06. The molecule has 5 heteroatoms.